The van der Waals surface area contributed by atoms with Gasteiger partial charge >= 0.3 is 0 Å². The molecule has 2 nitrogen and oxygen atoms in total. The molecule has 2 atom stereocenters. The van der Waals surface area contributed by atoms with Gasteiger partial charge in [-0.25, -0.2) is 0 Å². The van der Waals surface area contributed by atoms with Crippen LogP contribution in [0.15, 0.2) is 48.5 Å². The first-order chi connectivity index (χ1) is 10.4. The number of nitrogens with one attached hydrogen (secondary N) is 1. The maximum atomic E-state index is 12.6. The van der Waals surface area contributed by atoms with Gasteiger partial charge in [0, 0.05) is 11.6 Å². The van der Waals surface area contributed by atoms with Crippen molar-refractivity contribution in [3.63, 3.8) is 0 Å². The van der Waals surface area contributed by atoms with Crippen LogP contribution in [0.3, 0.4) is 0 Å². The Morgan fingerprint density at radius 2 is 1.73 bits per heavy atom. The van der Waals surface area contributed by atoms with Gasteiger partial charge in [0.05, 0.1) is 5.92 Å². The lowest BCUT2D eigenvalue weighted by molar-refractivity contribution is -0.117. The molecule has 1 fully saturated rings. The minimum absolute atomic E-state index is 0.132. The number of rotatable bonds is 3. The summed E-state index contributed by atoms with van der Waals surface area (Å²) in [6, 6.07) is 15.5. The molecule has 0 saturated heterocycles. The van der Waals surface area contributed by atoms with Gasteiger partial charge in [-0.2, -0.15) is 0 Å². The number of anilines is 1. The molecule has 114 valence electrons. The van der Waals surface area contributed by atoms with E-state index in [4.69, 9.17) is 23.2 Å². The van der Waals surface area contributed by atoms with Gasteiger partial charge < -0.3 is 5.32 Å². The third-order valence-corrected chi connectivity index (χ3v) is 5.30. The molecule has 0 heterocycles. The largest absolute Gasteiger partial charge is 0.325 e. The van der Waals surface area contributed by atoms with Gasteiger partial charge in [-0.1, -0.05) is 42.5 Å². The van der Waals surface area contributed by atoms with E-state index in [9.17, 15) is 4.79 Å². The molecule has 2 aromatic carbocycles. The standard InChI is InChI=1S/C18H17Cl2NO/c1-11-7-6-10-14(12(11)2)21-17(22)16-15(18(16,19)20)13-8-4-3-5-9-13/h3-10,15-16H,1-2H3,(H,21,22)/t15-,16-/m0/s1. The lowest BCUT2D eigenvalue weighted by Gasteiger charge is -2.10. The summed E-state index contributed by atoms with van der Waals surface area (Å²) >= 11 is 12.7. The molecule has 1 aliphatic rings. The Kier molecular flexibility index (Phi) is 3.92. The predicted octanol–water partition coefficient (Wildman–Crippen LogP) is 4.83. The molecule has 0 bridgehead atoms. The first-order valence-corrected chi connectivity index (χ1v) is 7.98. The fourth-order valence-electron chi connectivity index (χ4n) is 2.83. The van der Waals surface area contributed by atoms with Crippen molar-refractivity contribution < 1.29 is 4.79 Å². The molecule has 4 heteroatoms. The van der Waals surface area contributed by atoms with Gasteiger partial charge in [-0.15, -0.1) is 23.2 Å². The van der Waals surface area contributed by atoms with Gasteiger partial charge in [0.1, 0.15) is 4.33 Å². The van der Waals surface area contributed by atoms with E-state index in [0.29, 0.717) is 0 Å². The fourth-order valence-corrected chi connectivity index (χ4v) is 3.65. The molecule has 0 aromatic heterocycles. The van der Waals surface area contributed by atoms with Crippen LogP contribution in [0.2, 0.25) is 0 Å². The molecule has 1 saturated carbocycles. The summed E-state index contributed by atoms with van der Waals surface area (Å²) in [6.07, 6.45) is 0. The molecule has 1 N–H and O–H groups in total. The Hall–Kier alpha value is -1.51. The van der Waals surface area contributed by atoms with Crippen molar-refractivity contribution in [1.29, 1.82) is 0 Å². The molecular weight excluding hydrogens is 317 g/mol. The van der Waals surface area contributed by atoms with Crippen molar-refractivity contribution in [1.82, 2.24) is 0 Å². The predicted molar refractivity (Wildman–Crippen MR) is 91.7 cm³/mol. The number of carbonyl (C=O) groups is 1. The summed E-state index contributed by atoms with van der Waals surface area (Å²) in [5.41, 5.74) is 4.00. The first kappa shape index (κ1) is 15.4. The number of alkyl halides is 2. The zero-order chi connectivity index (χ0) is 15.9. The van der Waals surface area contributed by atoms with Gasteiger partial charge in [0.25, 0.3) is 0 Å². The number of hydrogen-bond donors (Lipinski definition) is 1. The summed E-state index contributed by atoms with van der Waals surface area (Å²) in [7, 11) is 0. The fraction of sp³-hybridized carbons (Fsp3) is 0.278. The van der Waals surface area contributed by atoms with Gasteiger partial charge in [-0.3, -0.25) is 4.79 Å². The Bertz CT molecular complexity index is 712. The summed E-state index contributed by atoms with van der Waals surface area (Å²) in [6.45, 7) is 4.00. The molecule has 3 rings (SSSR count). The lowest BCUT2D eigenvalue weighted by atomic mass is 10.1. The van der Waals surface area contributed by atoms with Gasteiger partial charge in [-0.05, 0) is 36.6 Å². The molecule has 2 aromatic rings. The van der Waals surface area contributed by atoms with Crippen LogP contribution in [0.25, 0.3) is 0 Å². The van der Waals surface area contributed by atoms with Crippen LogP contribution in [0.4, 0.5) is 5.69 Å². The topological polar surface area (TPSA) is 29.1 Å². The highest BCUT2D eigenvalue weighted by Gasteiger charge is 2.67. The molecule has 1 aliphatic carbocycles. The summed E-state index contributed by atoms with van der Waals surface area (Å²) in [4.78, 5) is 12.6. The second-order valence-electron chi connectivity index (χ2n) is 5.78. The van der Waals surface area contributed by atoms with Crippen LogP contribution in [0.1, 0.15) is 22.6 Å². The van der Waals surface area contributed by atoms with Crippen molar-refractivity contribution in [3.05, 3.63) is 65.2 Å². The number of benzene rings is 2. The molecule has 0 radical (unpaired) electrons. The smallest absolute Gasteiger partial charge is 0.231 e. The Balaban J connectivity index is 1.80. The Labute approximate surface area is 140 Å². The first-order valence-electron chi connectivity index (χ1n) is 7.22. The lowest BCUT2D eigenvalue weighted by Crippen LogP contribution is -2.18. The molecular formula is C18H17Cl2NO. The quantitative estimate of drug-likeness (QED) is 0.801. The molecule has 1 amide bonds. The van der Waals surface area contributed by atoms with Crippen LogP contribution in [0, 0.1) is 19.8 Å². The zero-order valence-electron chi connectivity index (χ0n) is 12.4. The van der Waals surface area contributed by atoms with E-state index in [-0.39, 0.29) is 11.8 Å². The molecule has 0 aliphatic heterocycles. The Morgan fingerprint density at radius 3 is 2.41 bits per heavy atom. The normalized spacial score (nSPS) is 22.2. The van der Waals surface area contributed by atoms with E-state index in [1.54, 1.807) is 0 Å². The SMILES string of the molecule is Cc1cccc(NC(=O)[C@@H]2[C@H](c3ccccc3)C2(Cl)Cl)c1C. The molecule has 22 heavy (non-hydrogen) atoms. The van der Waals surface area contributed by atoms with Crippen LogP contribution in [-0.2, 0) is 4.79 Å². The van der Waals surface area contributed by atoms with Crippen molar-refractivity contribution in [3.8, 4) is 0 Å². The van der Waals surface area contributed by atoms with Gasteiger partial charge in [0.15, 0.2) is 0 Å². The van der Waals surface area contributed by atoms with E-state index < -0.39 is 10.3 Å². The zero-order valence-corrected chi connectivity index (χ0v) is 13.9. The van der Waals surface area contributed by atoms with Gasteiger partial charge in [0.2, 0.25) is 5.91 Å². The van der Waals surface area contributed by atoms with Crippen LogP contribution in [-0.4, -0.2) is 10.2 Å². The maximum absolute atomic E-state index is 12.6. The number of carbonyl (C=O) groups excluding carboxylic acids is 1. The minimum atomic E-state index is -1.04. The number of halogens is 2. The summed E-state index contributed by atoms with van der Waals surface area (Å²) in [5.74, 6) is -0.729. The van der Waals surface area contributed by atoms with Crippen molar-refractivity contribution in [2.75, 3.05) is 5.32 Å². The summed E-state index contributed by atoms with van der Waals surface area (Å²) < 4.78 is -1.04. The Morgan fingerprint density at radius 1 is 1.05 bits per heavy atom. The van der Waals surface area contributed by atoms with Crippen molar-refractivity contribution in [2.45, 2.75) is 24.1 Å². The summed E-state index contributed by atoms with van der Waals surface area (Å²) in [5, 5.41) is 2.96. The number of amides is 1. The molecule has 0 unspecified atom stereocenters. The minimum Gasteiger partial charge on any atom is -0.325 e. The van der Waals surface area contributed by atoms with Crippen LogP contribution < -0.4 is 5.32 Å². The van der Waals surface area contributed by atoms with E-state index in [1.165, 1.54) is 0 Å². The number of hydrogen-bond acceptors (Lipinski definition) is 1. The van der Waals surface area contributed by atoms with Crippen molar-refractivity contribution in [2.24, 2.45) is 5.92 Å². The van der Waals surface area contributed by atoms with E-state index >= 15 is 0 Å². The third kappa shape index (κ3) is 2.62. The van der Waals surface area contributed by atoms with Crippen molar-refractivity contribution >= 4 is 34.8 Å². The second-order valence-corrected chi connectivity index (χ2v) is 7.22. The monoisotopic (exact) mass is 333 g/mol. The maximum Gasteiger partial charge on any atom is 0.231 e. The highest BCUT2D eigenvalue weighted by molar-refractivity contribution is 6.53. The second kappa shape index (κ2) is 5.60. The van der Waals surface area contributed by atoms with Crippen LogP contribution >= 0.6 is 23.2 Å². The average Bonchev–Trinajstić information content (AvgIpc) is 3.07. The average molecular weight is 334 g/mol. The van der Waals surface area contributed by atoms with E-state index in [0.717, 1.165) is 22.4 Å². The molecule has 0 spiro atoms. The number of aryl methyl sites for hydroxylation is 1. The van der Waals surface area contributed by atoms with E-state index in [2.05, 4.69) is 5.32 Å². The third-order valence-electron chi connectivity index (χ3n) is 4.36. The van der Waals surface area contributed by atoms with E-state index in [1.807, 2.05) is 62.4 Å². The highest BCUT2D eigenvalue weighted by Crippen LogP contribution is 2.65. The van der Waals surface area contributed by atoms with Crippen LogP contribution in [0.5, 0.6) is 0 Å². The highest BCUT2D eigenvalue weighted by atomic mass is 35.5.